The lowest BCUT2D eigenvalue weighted by molar-refractivity contribution is 0.979. The van der Waals surface area contributed by atoms with Gasteiger partial charge < -0.3 is 0 Å². The van der Waals surface area contributed by atoms with Crippen molar-refractivity contribution in [1.29, 1.82) is 0 Å². The molecular formula is C9H9N3S2. The largest absolute Gasteiger partial charge is 0.300 e. The summed E-state index contributed by atoms with van der Waals surface area (Å²) in [5.41, 5.74) is 5.05. The highest BCUT2D eigenvalue weighted by Gasteiger charge is 2.21. The molecule has 14 heavy (non-hydrogen) atoms. The van der Waals surface area contributed by atoms with Gasteiger partial charge in [-0.3, -0.25) is 5.43 Å². The fraction of sp³-hybridized carbons (Fsp3) is 0.222. The summed E-state index contributed by atoms with van der Waals surface area (Å²) >= 11 is 3.48. The molecule has 3 rings (SSSR count). The molecular weight excluding hydrogens is 214 g/mol. The minimum Gasteiger partial charge on any atom is -0.300 e. The van der Waals surface area contributed by atoms with E-state index in [1.165, 1.54) is 15.3 Å². The molecule has 0 aromatic carbocycles. The van der Waals surface area contributed by atoms with Crippen molar-refractivity contribution in [3.05, 3.63) is 21.2 Å². The van der Waals surface area contributed by atoms with E-state index >= 15 is 0 Å². The van der Waals surface area contributed by atoms with Crippen molar-refractivity contribution in [2.45, 2.75) is 12.8 Å². The lowest BCUT2D eigenvalue weighted by Crippen LogP contribution is -2.05. The number of nitrogens with one attached hydrogen (secondary N) is 1. The minimum atomic E-state index is 0.814. The Labute approximate surface area is 89.6 Å². The molecule has 2 heterocycles. The Morgan fingerprint density at radius 3 is 3.07 bits per heavy atom. The number of fused-ring (bicyclic) bond motifs is 3. The first-order valence-electron chi connectivity index (χ1n) is 4.41. The van der Waals surface area contributed by atoms with Gasteiger partial charge in [-0.15, -0.1) is 22.7 Å². The molecule has 72 valence electrons. The van der Waals surface area contributed by atoms with Gasteiger partial charge in [0.2, 0.25) is 0 Å². The van der Waals surface area contributed by atoms with E-state index in [-0.39, 0.29) is 0 Å². The topological polar surface area (TPSA) is 50.9 Å². The van der Waals surface area contributed by atoms with Gasteiger partial charge in [0.1, 0.15) is 0 Å². The average molecular weight is 223 g/mol. The van der Waals surface area contributed by atoms with Crippen LogP contribution in [-0.2, 0) is 12.8 Å². The van der Waals surface area contributed by atoms with Gasteiger partial charge in [-0.1, -0.05) is 0 Å². The first kappa shape index (κ1) is 8.40. The number of aromatic nitrogens is 1. The highest BCUT2D eigenvalue weighted by Crippen LogP contribution is 2.39. The summed E-state index contributed by atoms with van der Waals surface area (Å²) in [5.74, 6) is 5.36. The number of nitrogens with zero attached hydrogens (tertiary/aromatic N) is 1. The zero-order chi connectivity index (χ0) is 9.54. The SMILES string of the molecule is NNc1nc2c(s1)CCc1sccc1-2. The van der Waals surface area contributed by atoms with Crippen LogP contribution in [0, 0.1) is 0 Å². The molecule has 0 radical (unpaired) electrons. The van der Waals surface area contributed by atoms with Gasteiger partial charge in [0.25, 0.3) is 0 Å². The Hall–Kier alpha value is -0.910. The number of rotatable bonds is 1. The van der Waals surface area contributed by atoms with Crippen molar-refractivity contribution in [2.24, 2.45) is 5.84 Å². The van der Waals surface area contributed by atoms with Gasteiger partial charge in [-0.2, -0.15) is 0 Å². The number of nitrogens with two attached hydrogens (primary N) is 1. The van der Waals surface area contributed by atoms with E-state index in [0.717, 1.165) is 23.7 Å². The van der Waals surface area contributed by atoms with Gasteiger partial charge in [0.05, 0.1) is 5.69 Å². The highest BCUT2D eigenvalue weighted by atomic mass is 32.1. The molecule has 0 bridgehead atoms. The lowest BCUT2D eigenvalue weighted by atomic mass is 10.0. The van der Waals surface area contributed by atoms with Gasteiger partial charge in [0.15, 0.2) is 5.13 Å². The average Bonchev–Trinajstić information content (AvgIpc) is 2.82. The molecule has 0 atom stereocenters. The lowest BCUT2D eigenvalue weighted by Gasteiger charge is -2.08. The van der Waals surface area contributed by atoms with E-state index < -0.39 is 0 Å². The molecule has 2 aromatic heterocycles. The predicted octanol–water partition coefficient (Wildman–Crippen LogP) is 2.26. The van der Waals surface area contributed by atoms with E-state index in [1.54, 1.807) is 11.3 Å². The second kappa shape index (κ2) is 3.05. The van der Waals surface area contributed by atoms with E-state index in [4.69, 9.17) is 5.84 Å². The number of hydrogen-bond acceptors (Lipinski definition) is 5. The number of hydrogen-bond donors (Lipinski definition) is 2. The molecule has 0 aliphatic heterocycles. The van der Waals surface area contributed by atoms with Gasteiger partial charge in [-0.25, -0.2) is 10.8 Å². The number of hydrazine groups is 1. The third-order valence-corrected chi connectivity index (χ3v) is 4.43. The molecule has 2 aromatic rings. The van der Waals surface area contributed by atoms with Crippen LogP contribution in [0.2, 0.25) is 0 Å². The van der Waals surface area contributed by atoms with Crippen molar-refractivity contribution in [3.63, 3.8) is 0 Å². The number of aryl methyl sites for hydroxylation is 2. The van der Waals surface area contributed by atoms with Crippen LogP contribution < -0.4 is 11.3 Å². The molecule has 0 amide bonds. The van der Waals surface area contributed by atoms with E-state index in [9.17, 15) is 0 Å². The number of anilines is 1. The summed E-state index contributed by atoms with van der Waals surface area (Å²) in [6.45, 7) is 0. The molecule has 0 unspecified atom stereocenters. The van der Waals surface area contributed by atoms with Crippen LogP contribution in [0.15, 0.2) is 11.4 Å². The smallest absolute Gasteiger partial charge is 0.197 e. The highest BCUT2D eigenvalue weighted by molar-refractivity contribution is 7.16. The Balaban J connectivity index is 2.20. The monoisotopic (exact) mass is 223 g/mol. The Bertz CT molecular complexity index is 472. The van der Waals surface area contributed by atoms with Crippen LogP contribution in [0.3, 0.4) is 0 Å². The molecule has 0 spiro atoms. The van der Waals surface area contributed by atoms with Crippen molar-refractivity contribution in [1.82, 2.24) is 4.98 Å². The Kier molecular flexibility index (Phi) is 1.83. The zero-order valence-corrected chi connectivity index (χ0v) is 9.04. The molecule has 5 heteroatoms. The summed E-state index contributed by atoms with van der Waals surface area (Å²) in [5, 5.41) is 2.95. The second-order valence-corrected chi connectivity index (χ2v) is 5.28. The molecule has 0 saturated heterocycles. The molecule has 0 saturated carbocycles. The van der Waals surface area contributed by atoms with Crippen LogP contribution in [-0.4, -0.2) is 4.98 Å². The quantitative estimate of drug-likeness (QED) is 0.576. The fourth-order valence-corrected chi connectivity index (χ4v) is 3.53. The maximum absolute atomic E-state index is 5.36. The van der Waals surface area contributed by atoms with E-state index in [2.05, 4.69) is 21.9 Å². The number of nitrogen functional groups attached to an aromatic ring is 1. The summed E-state index contributed by atoms with van der Waals surface area (Å²) in [7, 11) is 0. The molecule has 3 N–H and O–H groups in total. The van der Waals surface area contributed by atoms with Gasteiger partial charge in [-0.05, 0) is 24.3 Å². The number of thiophene rings is 1. The maximum atomic E-state index is 5.36. The summed E-state index contributed by atoms with van der Waals surface area (Å²) < 4.78 is 0. The summed E-state index contributed by atoms with van der Waals surface area (Å²) in [4.78, 5) is 7.27. The summed E-state index contributed by atoms with van der Waals surface area (Å²) in [6, 6.07) is 2.15. The normalized spacial score (nSPS) is 13.5. The molecule has 1 aliphatic rings. The van der Waals surface area contributed by atoms with Crippen LogP contribution in [0.4, 0.5) is 5.13 Å². The fourth-order valence-electron chi connectivity index (χ4n) is 1.77. The Morgan fingerprint density at radius 2 is 2.21 bits per heavy atom. The molecule has 3 nitrogen and oxygen atoms in total. The van der Waals surface area contributed by atoms with Crippen LogP contribution in [0.1, 0.15) is 9.75 Å². The van der Waals surface area contributed by atoms with E-state index in [0.29, 0.717) is 0 Å². The third-order valence-electron chi connectivity index (χ3n) is 2.40. The third kappa shape index (κ3) is 1.10. The van der Waals surface area contributed by atoms with Gasteiger partial charge >= 0.3 is 0 Å². The van der Waals surface area contributed by atoms with Gasteiger partial charge in [0, 0.05) is 15.3 Å². The summed E-state index contributed by atoms with van der Waals surface area (Å²) in [6.07, 6.45) is 2.24. The minimum absolute atomic E-state index is 0.814. The van der Waals surface area contributed by atoms with Crippen molar-refractivity contribution < 1.29 is 0 Å². The zero-order valence-electron chi connectivity index (χ0n) is 7.41. The van der Waals surface area contributed by atoms with Crippen molar-refractivity contribution >= 4 is 27.8 Å². The second-order valence-electron chi connectivity index (χ2n) is 3.19. The first-order valence-corrected chi connectivity index (χ1v) is 6.11. The first-order chi connectivity index (χ1) is 6.88. The van der Waals surface area contributed by atoms with Crippen LogP contribution in [0.5, 0.6) is 0 Å². The predicted molar refractivity (Wildman–Crippen MR) is 60.6 cm³/mol. The van der Waals surface area contributed by atoms with Crippen molar-refractivity contribution in [2.75, 3.05) is 5.43 Å². The van der Waals surface area contributed by atoms with E-state index in [1.807, 2.05) is 11.3 Å². The van der Waals surface area contributed by atoms with Crippen LogP contribution in [0.25, 0.3) is 11.3 Å². The van der Waals surface area contributed by atoms with Crippen molar-refractivity contribution in [3.8, 4) is 11.3 Å². The standard InChI is InChI=1S/C9H9N3S2/c10-12-9-11-8-5-3-4-13-6(5)1-2-7(8)14-9/h3-4H,1-2,10H2,(H,11,12). The molecule has 1 aliphatic carbocycles. The number of thiazole rings is 1. The van der Waals surface area contributed by atoms with Crippen LogP contribution >= 0.6 is 22.7 Å². The molecule has 0 fully saturated rings. The Morgan fingerprint density at radius 1 is 1.36 bits per heavy atom. The maximum Gasteiger partial charge on any atom is 0.197 e.